The fourth-order valence-corrected chi connectivity index (χ4v) is 1.86. The van der Waals surface area contributed by atoms with E-state index in [1.54, 1.807) is 0 Å². The molecule has 2 atom stereocenters. The Labute approximate surface area is 96.5 Å². The number of aliphatic carboxylic acids is 1. The van der Waals surface area contributed by atoms with E-state index in [0.29, 0.717) is 0 Å². The first-order chi connectivity index (χ1) is 8.04. The third-order valence-electron chi connectivity index (χ3n) is 2.68. The molecule has 0 saturated carbocycles. The number of hydrogen-bond acceptors (Lipinski definition) is 5. The van der Waals surface area contributed by atoms with Crippen LogP contribution in [0.5, 0.6) is 0 Å². The maximum atomic E-state index is 11.6. The van der Waals surface area contributed by atoms with Crippen molar-refractivity contribution < 1.29 is 29.0 Å². The second-order valence-electron chi connectivity index (χ2n) is 3.69. The van der Waals surface area contributed by atoms with Gasteiger partial charge < -0.3 is 14.6 Å². The number of carbonyl (C=O) groups is 3. The zero-order chi connectivity index (χ0) is 12.6. The van der Waals surface area contributed by atoms with Crippen molar-refractivity contribution in [1.82, 2.24) is 0 Å². The van der Waals surface area contributed by atoms with Crippen LogP contribution in [0.4, 0.5) is 0 Å². The Balaban J connectivity index is 2.43. The summed E-state index contributed by atoms with van der Waals surface area (Å²) in [6, 6.07) is 0. The molecule has 2 unspecified atom stereocenters. The van der Waals surface area contributed by atoms with Crippen LogP contribution in [0, 0.1) is 0 Å². The largest absolute Gasteiger partial charge is 0.479 e. The molecule has 2 aliphatic rings. The number of methoxy groups -OCH3 is 1. The molecule has 1 heterocycles. The van der Waals surface area contributed by atoms with Gasteiger partial charge in [0, 0.05) is 19.1 Å². The van der Waals surface area contributed by atoms with Gasteiger partial charge in [-0.25, -0.2) is 4.79 Å². The molecule has 1 aliphatic heterocycles. The molecule has 0 amide bonds. The number of allylic oxidation sites excluding steroid dienone is 2. The Kier molecular flexibility index (Phi) is 2.91. The highest BCUT2D eigenvalue weighted by atomic mass is 16.7. The second-order valence-corrected chi connectivity index (χ2v) is 3.69. The van der Waals surface area contributed by atoms with Crippen LogP contribution in [0.1, 0.15) is 6.42 Å². The number of carbonyl (C=O) groups excluding carboxylic acids is 2. The summed E-state index contributed by atoms with van der Waals surface area (Å²) >= 11 is 0. The van der Waals surface area contributed by atoms with Crippen LogP contribution in [-0.2, 0) is 23.9 Å². The molecule has 0 aromatic heterocycles. The minimum atomic E-state index is -1.19. The van der Waals surface area contributed by atoms with Gasteiger partial charge in [0.15, 0.2) is 24.0 Å². The van der Waals surface area contributed by atoms with Crippen molar-refractivity contribution in [3.8, 4) is 0 Å². The zero-order valence-electron chi connectivity index (χ0n) is 9.00. The van der Waals surface area contributed by atoms with Crippen LogP contribution in [0.25, 0.3) is 0 Å². The summed E-state index contributed by atoms with van der Waals surface area (Å²) in [5, 5.41) is 8.88. The third kappa shape index (κ3) is 1.92. The lowest BCUT2D eigenvalue weighted by Crippen LogP contribution is -2.40. The highest BCUT2D eigenvalue weighted by Crippen LogP contribution is 2.30. The lowest BCUT2D eigenvalue weighted by molar-refractivity contribution is -0.178. The number of ketones is 2. The molecule has 17 heavy (non-hydrogen) atoms. The van der Waals surface area contributed by atoms with Gasteiger partial charge in [0.1, 0.15) is 0 Å². The van der Waals surface area contributed by atoms with Crippen LogP contribution in [-0.4, -0.2) is 42.1 Å². The summed E-state index contributed by atoms with van der Waals surface area (Å²) in [6.07, 6.45) is -0.0990. The fraction of sp³-hybridized carbons (Fsp3) is 0.364. The fourth-order valence-electron chi connectivity index (χ4n) is 1.86. The predicted molar refractivity (Wildman–Crippen MR) is 54.1 cm³/mol. The molecule has 1 aliphatic carbocycles. The van der Waals surface area contributed by atoms with Gasteiger partial charge in [0.2, 0.25) is 0 Å². The lowest BCUT2D eigenvalue weighted by atomic mass is 9.88. The van der Waals surface area contributed by atoms with Crippen molar-refractivity contribution in [3.05, 3.63) is 23.3 Å². The second kappa shape index (κ2) is 4.23. The van der Waals surface area contributed by atoms with Crippen LogP contribution in [0.3, 0.4) is 0 Å². The molecule has 0 spiro atoms. The quantitative estimate of drug-likeness (QED) is 0.672. The third-order valence-corrected chi connectivity index (χ3v) is 2.68. The first-order valence-corrected chi connectivity index (χ1v) is 4.95. The minimum absolute atomic E-state index is 0.109. The molecule has 0 saturated heterocycles. The summed E-state index contributed by atoms with van der Waals surface area (Å²) in [5.74, 6) is -1.93. The first-order valence-electron chi connectivity index (χ1n) is 4.95. The number of carboxylic acids is 1. The van der Waals surface area contributed by atoms with Crippen molar-refractivity contribution in [2.75, 3.05) is 7.11 Å². The zero-order valence-corrected chi connectivity index (χ0v) is 9.00. The average Bonchev–Trinajstić information content (AvgIpc) is 2.32. The molecule has 90 valence electrons. The Hall–Kier alpha value is -1.79. The van der Waals surface area contributed by atoms with Crippen molar-refractivity contribution in [3.63, 3.8) is 0 Å². The Morgan fingerprint density at radius 2 is 2.06 bits per heavy atom. The maximum Gasteiger partial charge on any atom is 0.333 e. The smallest absolute Gasteiger partial charge is 0.333 e. The van der Waals surface area contributed by atoms with E-state index < -0.39 is 18.4 Å². The predicted octanol–water partition coefficient (Wildman–Crippen LogP) is -0.163. The van der Waals surface area contributed by atoms with E-state index in [2.05, 4.69) is 0 Å². The van der Waals surface area contributed by atoms with Gasteiger partial charge in [0.05, 0.1) is 5.57 Å². The van der Waals surface area contributed by atoms with E-state index in [4.69, 9.17) is 14.6 Å². The summed E-state index contributed by atoms with van der Waals surface area (Å²) in [7, 11) is 1.29. The standard InChI is InChI=1S/C11H10O6/c1-16-11-9-5(4-8(17-11)10(14)15)6(12)2-3-7(9)13/h2-3,8,11H,4H2,1H3,(H,14,15). The molecular weight excluding hydrogens is 228 g/mol. The van der Waals surface area contributed by atoms with Gasteiger partial charge in [0.25, 0.3) is 0 Å². The van der Waals surface area contributed by atoms with E-state index in [1.165, 1.54) is 7.11 Å². The van der Waals surface area contributed by atoms with Gasteiger partial charge in [-0.15, -0.1) is 0 Å². The molecule has 0 radical (unpaired) electrons. The molecular formula is C11H10O6. The van der Waals surface area contributed by atoms with E-state index >= 15 is 0 Å². The van der Waals surface area contributed by atoms with Gasteiger partial charge in [-0.3, -0.25) is 9.59 Å². The Morgan fingerprint density at radius 1 is 1.41 bits per heavy atom. The van der Waals surface area contributed by atoms with Crippen molar-refractivity contribution >= 4 is 17.5 Å². The lowest BCUT2D eigenvalue weighted by Gasteiger charge is -2.30. The molecule has 0 bridgehead atoms. The van der Waals surface area contributed by atoms with Gasteiger partial charge in [-0.05, 0) is 12.2 Å². The van der Waals surface area contributed by atoms with Crippen molar-refractivity contribution in [1.29, 1.82) is 0 Å². The highest BCUT2D eigenvalue weighted by Gasteiger charge is 2.39. The molecule has 2 rings (SSSR count). The molecule has 0 aromatic rings. The summed E-state index contributed by atoms with van der Waals surface area (Å²) in [5.41, 5.74) is 0.278. The summed E-state index contributed by atoms with van der Waals surface area (Å²) in [6.45, 7) is 0. The topological polar surface area (TPSA) is 89.9 Å². The van der Waals surface area contributed by atoms with Crippen LogP contribution < -0.4 is 0 Å². The SMILES string of the molecule is COC1OC(C(=O)O)CC2=C1C(=O)C=CC2=O. The summed E-state index contributed by atoms with van der Waals surface area (Å²) in [4.78, 5) is 34.1. The molecule has 1 N–H and O–H groups in total. The Bertz CT molecular complexity index is 459. The molecule has 6 nitrogen and oxygen atoms in total. The van der Waals surface area contributed by atoms with Crippen LogP contribution >= 0.6 is 0 Å². The summed E-state index contributed by atoms with van der Waals surface area (Å²) < 4.78 is 10.0. The van der Waals surface area contributed by atoms with Crippen molar-refractivity contribution in [2.45, 2.75) is 18.8 Å². The van der Waals surface area contributed by atoms with E-state index in [9.17, 15) is 14.4 Å². The number of carboxylic acid groups (broad SMARTS) is 1. The van der Waals surface area contributed by atoms with Crippen LogP contribution in [0.15, 0.2) is 23.3 Å². The van der Waals surface area contributed by atoms with Gasteiger partial charge >= 0.3 is 5.97 Å². The molecule has 0 aromatic carbocycles. The normalized spacial score (nSPS) is 28.3. The van der Waals surface area contributed by atoms with Gasteiger partial charge in [-0.1, -0.05) is 0 Å². The van der Waals surface area contributed by atoms with Crippen LogP contribution in [0.2, 0.25) is 0 Å². The monoisotopic (exact) mass is 238 g/mol. The number of rotatable bonds is 2. The van der Waals surface area contributed by atoms with Crippen molar-refractivity contribution in [2.24, 2.45) is 0 Å². The number of ether oxygens (including phenoxy) is 2. The molecule has 0 fully saturated rings. The van der Waals surface area contributed by atoms with Gasteiger partial charge in [-0.2, -0.15) is 0 Å². The average molecular weight is 238 g/mol. The van der Waals surface area contributed by atoms with E-state index in [1.807, 2.05) is 0 Å². The molecule has 6 heteroatoms. The highest BCUT2D eigenvalue weighted by molar-refractivity contribution is 6.20. The minimum Gasteiger partial charge on any atom is -0.479 e. The van der Waals surface area contributed by atoms with E-state index in [0.717, 1.165) is 12.2 Å². The number of hydrogen-bond donors (Lipinski definition) is 1. The Morgan fingerprint density at radius 3 is 2.65 bits per heavy atom. The maximum absolute atomic E-state index is 11.6. The first kappa shape index (κ1) is 11.7. The van der Waals surface area contributed by atoms with E-state index in [-0.39, 0.29) is 29.1 Å².